The molecule has 1 aromatic heterocycles. The Morgan fingerprint density at radius 2 is 1.81 bits per heavy atom. The zero-order chi connectivity index (χ0) is 15.7. The molecule has 0 radical (unpaired) electrons. The number of rotatable bonds is 3. The van der Waals surface area contributed by atoms with Gasteiger partial charge in [-0.2, -0.15) is 0 Å². The number of carbonyl (C=O) groups excluding carboxylic acids is 1. The van der Waals surface area contributed by atoms with Crippen LogP contribution in [-0.2, 0) is 4.74 Å². The highest BCUT2D eigenvalue weighted by Crippen LogP contribution is 2.35. The first-order chi connectivity index (χ1) is 9.86. The molecule has 0 atom stereocenters. The summed E-state index contributed by atoms with van der Waals surface area (Å²) >= 11 is 6.64. The van der Waals surface area contributed by atoms with Crippen LogP contribution in [-0.4, -0.2) is 22.2 Å². The molecule has 0 bridgehead atoms. The number of benzene rings is 1. The van der Waals surface area contributed by atoms with E-state index in [2.05, 4.69) is 31.9 Å². The maximum absolute atomic E-state index is 12.0. The van der Waals surface area contributed by atoms with Crippen molar-refractivity contribution in [3.8, 4) is 11.4 Å². The average molecular weight is 417 g/mol. The Bertz CT molecular complexity index is 684. The van der Waals surface area contributed by atoms with E-state index >= 15 is 0 Å². The Labute approximate surface area is 140 Å². The van der Waals surface area contributed by atoms with Crippen LogP contribution in [0.1, 0.15) is 28.7 Å². The maximum atomic E-state index is 12.0. The van der Waals surface area contributed by atoms with Gasteiger partial charge in [0.2, 0.25) is 0 Å². The third kappa shape index (κ3) is 3.01. The Hall–Kier alpha value is -1.27. The van der Waals surface area contributed by atoms with E-state index in [4.69, 9.17) is 4.74 Å². The lowest BCUT2D eigenvalue weighted by atomic mass is 10.2. The molecule has 0 amide bonds. The van der Waals surface area contributed by atoms with Gasteiger partial charge in [0.15, 0.2) is 0 Å². The molecule has 2 rings (SSSR count). The summed E-state index contributed by atoms with van der Waals surface area (Å²) in [6, 6.07) is 5.41. The normalized spacial score (nSPS) is 10.7. The Kier molecular flexibility index (Phi) is 4.78. The number of carbonyl (C=O) groups is 1. The number of aromatic nitrogens is 1. The van der Waals surface area contributed by atoms with E-state index < -0.39 is 0 Å². The van der Waals surface area contributed by atoms with E-state index in [1.54, 1.807) is 19.1 Å². The summed E-state index contributed by atoms with van der Waals surface area (Å²) in [4.78, 5) is 12.0. The standard InChI is InChI=1S/C15H15Br2NO3/c1-4-21-15(20)11-5-8(2)18(9(11)3)10-6-12(16)14(19)13(17)7-10/h5-7,19H,4H2,1-3H3. The van der Waals surface area contributed by atoms with Gasteiger partial charge >= 0.3 is 5.97 Å². The first-order valence-corrected chi connectivity index (χ1v) is 7.99. The summed E-state index contributed by atoms with van der Waals surface area (Å²) in [5, 5.41) is 9.80. The highest BCUT2D eigenvalue weighted by Gasteiger charge is 2.18. The van der Waals surface area contributed by atoms with Crippen molar-refractivity contribution in [3.63, 3.8) is 0 Å². The molecule has 6 heteroatoms. The first kappa shape index (κ1) is 16.1. The zero-order valence-corrected chi connectivity index (χ0v) is 15.1. The van der Waals surface area contributed by atoms with Crippen LogP contribution in [0.25, 0.3) is 5.69 Å². The Morgan fingerprint density at radius 1 is 1.24 bits per heavy atom. The molecular formula is C15H15Br2NO3. The van der Waals surface area contributed by atoms with Crippen molar-refractivity contribution in [1.29, 1.82) is 0 Å². The average Bonchev–Trinajstić information content (AvgIpc) is 2.71. The van der Waals surface area contributed by atoms with E-state index in [-0.39, 0.29) is 11.7 Å². The molecule has 0 aliphatic heterocycles. The van der Waals surface area contributed by atoms with Crippen LogP contribution < -0.4 is 0 Å². The second-order valence-electron chi connectivity index (χ2n) is 4.60. The van der Waals surface area contributed by atoms with E-state index in [1.807, 2.05) is 24.5 Å². The van der Waals surface area contributed by atoms with Gasteiger partial charge in [0.1, 0.15) is 5.75 Å². The number of nitrogens with zero attached hydrogens (tertiary/aromatic N) is 1. The predicted octanol–water partition coefficient (Wildman–Crippen LogP) is 4.50. The second kappa shape index (κ2) is 6.23. The number of ether oxygens (including phenoxy) is 1. The SMILES string of the molecule is CCOC(=O)c1cc(C)n(-c2cc(Br)c(O)c(Br)c2)c1C. The van der Waals surface area contributed by atoms with Gasteiger partial charge < -0.3 is 14.4 Å². The number of hydrogen-bond acceptors (Lipinski definition) is 3. The summed E-state index contributed by atoms with van der Waals surface area (Å²) in [5.74, 6) is -0.180. The van der Waals surface area contributed by atoms with Gasteiger partial charge in [-0.15, -0.1) is 0 Å². The molecule has 21 heavy (non-hydrogen) atoms. The highest BCUT2D eigenvalue weighted by atomic mass is 79.9. The minimum absolute atomic E-state index is 0.145. The molecular weight excluding hydrogens is 402 g/mol. The molecule has 0 saturated heterocycles. The van der Waals surface area contributed by atoms with Crippen LogP contribution in [0.15, 0.2) is 27.1 Å². The van der Waals surface area contributed by atoms with Gasteiger partial charge in [-0.1, -0.05) is 0 Å². The molecule has 0 spiro atoms. The molecule has 1 heterocycles. The van der Waals surface area contributed by atoms with Crippen LogP contribution in [0, 0.1) is 13.8 Å². The van der Waals surface area contributed by atoms with Gasteiger partial charge in [-0.25, -0.2) is 4.79 Å². The molecule has 0 unspecified atom stereocenters. The fraction of sp³-hybridized carbons (Fsp3) is 0.267. The van der Waals surface area contributed by atoms with Crippen LogP contribution >= 0.6 is 31.9 Å². The maximum Gasteiger partial charge on any atom is 0.339 e. The molecule has 0 aliphatic carbocycles. The van der Waals surface area contributed by atoms with Crippen molar-refractivity contribution in [2.24, 2.45) is 0 Å². The minimum atomic E-state index is -0.325. The van der Waals surface area contributed by atoms with Crippen LogP contribution in [0.4, 0.5) is 0 Å². The van der Waals surface area contributed by atoms with Gasteiger partial charge in [0.25, 0.3) is 0 Å². The number of phenolic OH excluding ortho intramolecular Hbond substituents is 1. The monoisotopic (exact) mass is 415 g/mol. The third-order valence-corrected chi connectivity index (χ3v) is 4.40. The molecule has 1 N–H and O–H groups in total. The van der Waals surface area contributed by atoms with Crippen molar-refractivity contribution in [3.05, 3.63) is 44.1 Å². The highest BCUT2D eigenvalue weighted by molar-refractivity contribution is 9.11. The van der Waals surface area contributed by atoms with Gasteiger partial charge in [0.05, 0.1) is 21.1 Å². The quantitative estimate of drug-likeness (QED) is 0.749. The van der Waals surface area contributed by atoms with E-state index in [0.717, 1.165) is 17.1 Å². The third-order valence-electron chi connectivity index (χ3n) is 3.19. The number of hydrogen-bond donors (Lipinski definition) is 1. The van der Waals surface area contributed by atoms with Gasteiger partial charge in [-0.3, -0.25) is 0 Å². The Balaban J connectivity index is 2.58. The molecule has 1 aromatic carbocycles. The lowest BCUT2D eigenvalue weighted by Gasteiger charge is -2.12. The van der Waals surface area contributed by atoms with Crippen LogP contribution in [0.2, 0.25) is 0 Å². The van der Waals surface area contributed by atoms with E-state index in [0.29, 0.717) is 21.1 Å². The number of halogens is 2. The second-order valence-corrected chi connectivity index (χ2v) is 6.31. The van der Waals surface area contributed by atoms with Crippen molar-refractivity contribution in [2.75, 3.05) is 6.61 Å². The minimum Gasteiger partial charge on any atom is -0.506 e. The summed E-state index contributed by atoms with van der Waals surface area (Å²) in [6.45, 7) is 5.92. The molecule has 0 aliphatic rings. The smallest absolute Gasteiger partial charge is 0.339 e. The van der Waals surface area contributed by atoms with Crippen molar-refractivity contribution < 1.29 is 14.6 Å². The number of aryl methyl sites for hydroxylation is 1. The van der Waals surface area contributed by atoms with Crippen molar-refractivity contribution in [2.45, 2.75) is 20.8 Å². The molecule has 112 valence electrons. The fourth-order valence-corrected chi connectivity index (χ4v) is 3.42. The fourth-order valence-electron chi connectivity index (χ4n) is 2.26. The van der Waals surface area contributed by atoms with E-state index in [1.165, 1.54) is 0 Å². The summed E-state index contributed by atoms with van der Waals surface area (Å²) < 4.78 is 8.18. The largest absolute Gasteiger partial charge is 0.506 e. The van der Waals surface area contributed by atoms with Gasteiger partial charge in [0, 0.05) is 17.1 Å². The van der Waals surface area contributed by atoms with Crippen LogP contribution in [0.5, 0.6) is 5.75 Å². The topological polar surface area (TPSA) is 51.5 Å². The predicted molar refractivity (Wildman–Crippen MR) is 88.3 cm³/mol. The van der Waals surface area contributed by atoms with Crippen molar-refractivity contribution >= 4 is 37.8 Å². The lowest BCUT2D eigenvalue weighted by molar-refractivity contribution is 0.0525. The number of phenols is 1. The Morgan fingerprint density at radius 3 is 2.33 bits per heavy atom. The molecule has 4 nitrogen and oxygen atoms in total. The summed E-state index contributed by atoms with van der Waals surface area (Å²) in [6.07, 6.45) is 0. The van der Waals surface area contributed by atoms with E-state index in [9.17, 15) is 9.90 Å². The molecule has 0 saturated carbocycles. The molecule has 0 fully saturated rings. The number of aromatic hydroxyl groups is 1. The number of esters is 1. The van der Waals surface area contributed by atoms with Crippen molar-refractivity contribution in [1.82, 2.24) is 4.57 Å². The summed E-state index contributed by atoms with van der Waals surface area (Å²) in [7, 11) is 0. The lowest BCUT2D eigenvalue weighted by Crippen LogP contribution is -2.07. The molecule has 2 aromatic rings. The van der Waals surface area contributed by atoms with Crippen LogP contribution in [0.3, 0.4) is 0 Å². The first-order valence-electron chi connectivity index (χ1n) is 6.41. The summed E-state index contributed by atoms with van der Waals surface area (Å²) in [5.41, 5.74) is 3.11. The van der Waals surface area contributed by atoms with Gasteiger partial charge in [-0.05, 0) is 70.8 Å². The zero-order valence-electron chi connectivity index (χ0n) is 11.9.